The Morgan fingerprint density at radius 2 is 1.36 bits per heavy atom. The number of piperidine rings is 1. The monoisotopic (exact) mass is 976 g/mol. The number of rotatable bonds is 18. The van der Waals surface area contributed by atoms with Gasteiger partial charge in [0.15, 0.2) is 6.79 Å². The van der Waals surface area contributed by atoms with Gasteiger partial charge < -0.3 is 55.1 Å². The van der Waals surface area contributed by atoms with Gasteiger partial charge in [-0.25, -0.2) is 29.9 Å². The number of aliphatic hydroxyl groups excluding tert-OH is 1. The Morgan fingerprint density at radius 3 is 1.97 bits per heavy atom. The van der Waals surface area contributed by atoms with E-state index in [1.54, 1.807) is 44.0 Å². The van der Waals surface area contributed by atoms with Crippen molar-refractivity contribution in [1.29, 1.82) is 0 Å². The van der Waals surface area contributed by atoms with Gasteiger partial charge in [-0.1, -0.05) is 37.0 Å². The fourth-order valence-electron chi connectivity index (χ4n) is 8.87. The van der Waals surface area contributed by atoms with E-state index in [1.165, 1.54) is 0 Å². The first-order valence-corrected chi connectivity index (χ1v) is 23.7. The molecule has 9 rings (SSSR count). The molecule has 7 heterocycles. The highest BCUT2D eigenvalue weighted by molar-refractivity contribution is 6.32. The van der Waals surface area contributed by atoms with Crippen LogP contribution in [0.15, 0.2) is 73.3 Å². The lowest BCUT2D eigenvalue weighted by Gasteiger charge is -2.30. The van der Waals surface area contributed by atoms with Gasteiger partial charge in [0.1, 0.15) is 35.5 Å². The van der Waals surface area contributed by atoms with Gasteiger partial charge in [0, 0.05) is 88.6 Å². The number of aliphatic hydroxyl groups is 1. The minimum absolute atomic E-state index is 0.00937. The summed E-state index contributed by atoms with van der Waals surface area (Å²) in [4.78, 5) is 32.5. The van der Waals surface area contributed by atoms with E-state index in [-0.39, 0.29) is 13.4 Å². The zero-order chi connectivity index (χ0) is 48.3. The third kappa shape index (κ3) is 10.6. The van der Waals surface area contributed by atoms with Gasteiger partial charge in [-0.3, -0.25) is 0 Å². The maximum Gasteiger partial charge on any atom is 0.227 e. The Hall–Kier alpha value is -6.08. The second kappa shape index (κ2) is 20.5. The summed E-state index contributed by atoms with van der Waals surface area (Å²) in [6, 6.07) is 15.2. The SMILES string of the molecule is COc1cc(C2CCN(C)CC2)c(Cl)cc1Nc1nccc(-c2cnc3c(c2)C(C)(COCOc2cc(OCCN(C)C)c(Cl)cc2Nc2nccc(-c4cnc5c(c4)C(C)(CO)CN5)n2)CN3)n1. The van der Waals surface area contributed by atoms with Crippen LogP contribution in [0.3, 0.4) is 0 Å². The molecule has 362 valence electrons. The van der Waals surface area contributed by atoms with Gasteiger partial charge in [-0.05, 0) is 101 Å². The van der Waals surface area contributed by atoms with E-state index in [4.69, 9.17) is 57.1 Å². The predicted molar refractivity (Wildman–Crippen MR) is 270 cm³/mol. The molecule has 3 aliphatic heterocycles. The molecule has 17 nitrogen and oxygen atoms in total. The number of fused-ring (bicyclic) bond motifs is 2. The van der Waals surface area contributed by atoms with Crippen LogP contribution < -0.4 is 35.5 Å². The first-order chi connectivity index (χ1) is 33.3. The highest BCUT2D eigenvalue weighted by atomic mass is 35.5. The number of methoxy groups -OCH3 is 1. The third-order valence-corrected chi connectivity index (χ3v) is 13.8. The molecule has 2 aromatic carbocycles. The first-order valence-electron chi connectivity index (χ1n) is 23.0. The van der Waals surface area contributed by atoms with Crippen molar-refractivity contribution in [2.75, 3.05) is 109 Å². The Morgan fingerprint density at radius 1 is 0.768 bits per heavy atom. The summed E-state index contributed by atoms with van der Waals surface area (Å²) in [7, 11) is 7.76. The lowest BCUT2D eigenvalue weighted by Crippen LogP contribution is -2.31. The highest BCUT2D eigenvalue weighted by Crippen LogP contribution is 2.42. The number of nitrogens with zero attached hydrogens (tertiary/aromatic N) is 8. The molecule has 6 aromatic rings. The van der Waals surface area contributed by atoms with Gasteiger partial charge >= 0.3 is 0 Å². The molecule has 1 fully saturated rings. The average Bonchev–Trinajstić information content (AvgIpc) is 3.87. The lowest BCUT2D eigenvalue weighted by atomic mass is 9.85. The van der Waals surface area contributed by atoms with Crippen molar-refractivity contribution < 1.29 is 24.1 Å². The molecule has 5 N–H and O–H groups in total. The van der Waals surface area contributed by atoms with Crippen LogP contribution in [-0.2, 0) is 15.6 Å². The smallest absolute Gasteiger partial charge is 0.227 e. The van der Waals surface area contributed by atoms with E-state index < -0.39 is 10.8 Å². The van der Waals surface area contributed by atoms with Crippen molar-refractivity contribution in [3.05, 3.63) is 100 Å². The molecule has 3 aliphatic rings. The van der Waals surface area contributed by atoms with Crippen LogP contribution in [0.25, 0.3) is 22.5 Å². The van der Waals surface area contributed by atoms with Crippen LogP contribution in [-0.4, -0.2) is 132 Å². The fraction of sp³-hybridized carbons (Fsp3) is 0.400. The van der Waals surface area contributed by atoms with Crippen molar-refractivity contribution in [2.24, 2.45) is 0 Å². The topological polar surface area (TPSA) is 189 Å². The quantitative estimate of drug-likeness (QED) is 0.0408. The molecule has 4 aromatic heterocycles. The minimum atomic E-state index is -0.456. The second-order valence-corrected chi connectivity index (χ2v) is 19.5. The zero-order valence-corrected chi connectivity index (χ0v) is 41.2. The Bertz CT molecular complexity index is 2810. The predicted octanol–water partition coefficient (Wildman–Crippen LogP) is 8.35. The van der Waals surface area contributed by atoms with Crippen molar-refractivity contribution in [1.82, 2.24) is 39.7 Å². The third-order valence-electron chi connectivity index (χ3n) is 13.1. The number of halogens is 2. The standard InChI is InChI=1S/C50H58Cl2N12O5/c1-49(27-65)25-57-45-34(49)17-31(23-55-45)38-7-12-54-48(60-38)62-41-21-37(52)42(68-16-15-63(3)4)22-44(41)69-29-67-28-50(2)26-58-46-35(50)18-32(24-56-46)39-8-11-53-47(59-39)61-40-20-36(51)33(19-43(40)66-6)30-9-13-64(5)14-10-30/h7-8,11-12,17-24,30,65H,9-10,13-16,25-29H2,1-6H3,(H,55,57)(H,56,58)(H,53,59,61)(H,54,60,62). The second-order valence-electron chi connectivity index (χ2n) is 18.7. The number of hydrogen-bond donors (Lipinski definition) is 5. The van der Waals surface area contributed by atoms with Crippen LogP contribution in [0.2, 0.25) is 10.0 Å². The number of pyridine rings is 2. The van der Waals surface area contributed by atoms with Gasteiger partial charge in [-0.2, -0.15) is 0 Å². The highest BCUT2D eigenvalue weighted by Gasteiger charge is 2.37. The number of likely N-dealkylation sites (tertiary alicyclic amines) is 1. The van der Waals surface area contributed by atoms with E-state index in [1.807, 2.05) is 56.3 Å². The molecular formula is C50H58Cl2N12O5. The van der Waals surface area contributed by atoms with E-state index in [0.29, 0.717) is 101 Å². The van der Waals surface area contributed by atoms with Gasteiger partial charge in [0.25, 0.3) is 0 Å². The maximum atomic E-state index is 10.1. The number of nitrogens with one attached hydrogen (secondary N) is 4. The van der Waals surface area contributed by atoms with Crippen molar-refractivity contribution in [3.8, 4) is 39.8 Å². The van der Waals surface area contributed by atoms with E-state index in [2.05, 4.69) is 61.2 Å². The summed E-state index contributed by atoms with van der Waals surface area (Å²) in [5.74, 6) is 4.21. The van der Waals surface area contributed by atoms with Gasteiger partial charge in [0.2, 0.25) is 11.9 Å². The number of ether oxygens (including phenoxy) is 4. The lowest BCUT2D eigenvalue weighted by molar-refractivity contribution is -0.00445. The molecule has 2 atom stereocenters. The Labute approximate surface area is 412 Å². The van der Waals surface area contributed by atoms with Crippen molar-refractivity contribution in [3.63, 3.8) is 0 Å². The summed E-state index contributed by atoms with van der Waals surface area (Å²) < 4.78 is 24.5. The van der Waals surface area contributed by atoms with Crippen LogP contribution in [0.4, 0.5) is 34.9 Å². The molecule has 2 unspecified atom stereocenters. The molecule has 0 bridgehead atoms. The van der Waals surface area contributed by atoms with Crippen LogP contribution in [0, 0.1) is 0 Å². The summed E-state index contributed by atoms with van der Waals surface area (Å²) in [6.45, 7) is 8.74. The number of benzene rings is 2. The van der Waals surface area contributed by atoms with Crippen LogP contribution >= 0.6 is 23.2 Å². The molecular weight excluding hydrogens is 920 g/mol. The number of aromatic nitrogens is 6. The summed E-state index contributed by atoms with van der Waals surface area (Å²) in [5, 5.41) is 24.6. The molecule has 0 aliphatic carbocycles. The number of likely N-dealkylation sites (N-methyl/N-ethyl adjacent to an activating group) is 1. The molecule has 1 saturated heterocycles. The summed E-state index contributed by atoms with van der Waals surface area (Å²) in [6.07, 6.45) is 9.05. The van der Waals surface area contributed by atoms with E-state index in [9.17, 15) is 5.11 Å². The molecule has 0 spiro atoms. The minimum Gasteiger partial charge on any atom is -0.495 e. The molecule has 0 amide bonds. The molecule has 0 radical (unpaired) electrons. The summed E-state index contributed by atoms with van der Waals surface area (Å²) >= 11 is 13.7. The van der Waals surface area contributed by atoms with Gasteiger partial charge in [0.05, 0.1) is 48.1 Å². The fourth-order valence-corrected chi connectivity index (χ4v) is 9.41. The number of hydrogen-bond acceptors (Lipinski definition) is 17. The normalized spacial score (nSPS) is 18.9. The molecule has 0 saturated carbocycles. The Balaban J connectivity index is 0.890. The average molecular weight is 978 g/mol. The first kappa shape index (κ1) is 48.0. The van der Waals surface area contributed by atoms with Crippen molar-refractivity contribution in [2.45, 2.75) is 43.4 Å². The summed E-state index contributed by atoms with van der Waals surface area (Å²) in [5.41, 5.74) is 6.29. The van der Waals surface area contributed by atoms with Crippen LogP contribution in [0.5, 0.6) is 17.2 Å². The van der Waals surface area contributed by atoms with E-state index in [0.717, 1.165) is 65.4 Å². The zero-order valence-electron chi connectivity index (χ0n) is 39.7. The largest absolute Gasteiger partial charge is 0.495 e. The maximum absolute atomic E-state index is 10.1. The molecule has 19 heteroatoms. The molecule has 69 heavy (non-hydrogen) atoms. The number of anilines is 6. The van der Waals surface area contributed by atoms with Crippen LogP contribution in [0.1, 0.15) is 49.3 Å². The van der Waals surface area contributed by atoms with Gasteiger partial charge in [-0.15, -0.1) is 0 Å². The van der Waals surface area contributed by atoms with Crippen molar-refractivity contribution >= 4 is 58.1 Å². The van der Waals surface area contributed by atoms with E-state index >= 15 is 0 Å². The Kier molecular flexibility index (Phi) is 14.2.